The fraction of sp³-hybridized carbons (Fsp3) is 0.600. The number of hydrogen-bond donors (Lipinski definition) is 1. The molecule has 3 aliphatic rings. The third-order valence-electron chi connectivity index (χ3n) is 3.07. The molecule has 0 saturated carbocycles. The number of hydrogen-bond acceptors (Lipinski definition) is 4. The Balaban J connectivity index is 2.49. The van der Waals surface area contributed by atoms with E-state index in [0.717, 1.165) is 0 Å². The number of fused-ring (bicyclic) bond motifs is 2. The molecule has 0 aromatic rings. The van der Waals surface area contributed by atoms with Gasteiger partial charge >= 0.3 is 5.97 Å². The number of carbonyl (C=O) groups is 2. The van der Waals surface area contributed by atoms with E-state index in [0.29, 0.717) is 0 Å². The number of aliphatic hydroxyl groups is 1. The summed E-state index contributed by atoms with van der Waals surface area (Å²) in [7, 11) is 0. The maximum absolute atomic E-state index is 11.4. The Morgan fingerprint density at radius 2 is 2.29 bits per heavy atom. The molecule has 1 N–H and O–H groups in total. The summed E-state index contributed by atoms with van der Waals surface area (Å²) in [6.45, 7) is 3.19. The molecule has 4 atom stereocenters. The van der Waals surface area contributed by atoms with E-state index in [2.05, 4.69) is 0 Å². The van der Waals surface area contributed by atoms with Crippen LogP contribution in [0.4, 0.5) is 0 Å². The van der Waals surface area contributed by atoms with Gasteiger partial charge in [0, 0.05) is 5.92 Å². The number of ketones is 1. The lowest BCUT2D eigenvalue weighted by atomic mass is 9.68. The summed E-state index contributed by atoms with van der Waals surface area (Å²) >= 11 is 0. The minimum atomic E-state index is -1.74. The van der Waals surface area contributed by atoms with Crippen LogP contribution >= 0.6 is 0 Å². The van der Waals surface area contributed by atoms with Crippen LogP contribution in [-0.4, -0.2) is 28.6 Å². The second kappa shape index (κ2) is 2.67. The van der Waals surface area contributed by atoms with Crippen LogP contribution < -0.4 is 0 Å². The van der Waals surface area contributed by atoms with Gasteiger partial charge in [0.25, 0.3) is 0 Å². The van der Waals surface area contributed by atoms with Crippen LogP contribution in [0, 0.1) is 11.8 Å². The fourth-order valence-corrected chi connectivity index (χ4v) is 2.35. The molecule has 2 aliphatic heterocycles. The zero-order chi connectivity index (χ0) is 10.5. The Morgan fingerprint density at radius 3 is 2.71 bits per heavy atom. The van der Waals surface area contributed by atoms with Crippen LogP contribution in [0.1, 0.15) is 13.8 Å². The van der Waals surface area contributed by atoms with E-state index in [1.807, 2.05) is 0 Å². The lowest BCUT2D eigenvalue weighted by Gasteiger charge is -2.45. The lowest BCUT2D eigenvalue weighted by Crippen LogP contribution is -2.61. The quantitative estimate of drug-likeness (QED) is 0.475. The number of Topliss-reactive ketones (excluding diaryl/α,β-unsaturated/α-hetero) is 1. The van der Waals surface area contributed by atoms with Crippen molar-refractivity contribution in [3.05, 3.63) is 12.2 Å². The highest BCUT2D eigenvalue weighted by atomic mass is 16.6. The first-order valence-corrected chi connectivity index (χ1v) is 4.60. The summed E-state index contributed by atoms with van der Waals surface area (Å²) < 4.78 is 4.95. The molecule has 4 heteroatoms. The van der Waals surface area contributed by atoms with Gasteiger partial charge in [0.1, 0.15) is 11.9 Å². The van der Waals surface area contributed by atoms with Gasteiger partial charge in [-0.15, -0.1) is 0 Å². The molecule has 0 aromatic carbocycles. The van der Waals surface area contributed by atoms with E-state index in [4.69, 9.17) is 4.74 Å². The van der Waals surface area contributed by atoms with Gasteiger partial charge in [-0.3, -0.25) is 4.79 Å². The van der Waals surface area contributed by atoms with Gasteiger partial charge in [-0.1, -0.05) is 6.92 Å². The smallest absolute Gasteiger partial charge is 0.343 e. The van der Waals surface area contributed by atoms with Gasteiger partial charge in [0.2, 0.25) is 0 Å². The average Bonchev–Trinajstić information content (AvgIpc) is 2.07. The van der Waals surface area contributed by atoms with Gasteiger partial charge in [-0.25, -0.2) is 4.79 Å². The van der Waals surface area contributed by atoms with Gasteiger partial charge in [-0.05, 0) is 19.1 Å². The highest BCUT2D eigenvalue weighted by Crippen LogP contribution is 2.41. The largest absolute Gasteiger partial charge is 0.455 e. The SMILES string of the molecule is CC(=O)C1C(C)C2C=CC1(O)C(=O)O2. The second-order valence-electron chi connectivity index (χ2n) is 4.00. The van der Waals surface area contributed by atoms with Crippen molar-refractivity contribution in [2.24, 2.45) is 11.8 Å². The third-order valence-corrected chi connectivity index (χ3v) is 3.07. The molecule has 4 unspecified atom stereocenters. The van der Waals surface area contributed by atoms with Crippen LogP contribution in [0.15, 0.2) is 12.2 Å². The first-order valence-electron chi connectivity index (χ1n) is 4.60. The average molecular weight is 196 g/mol. The summed E-state index contributed by atoms with van der Waals surface area (Å²) in [5.74, 6) is -1.70. The van der Waals surface area contributed by atoms with Crippen LogP contribution in [0.2, 0.25) is 0 Å². The first-order chi connectivity index (χ1) is 6.47. The molecule has 1 fully saturated rings. The van der Waals surface area contributed by atoms with E-state index in [1.165, 1.54) is 13.0 Å². The number of esters is 1. The van der Waals surface area contributed by atoms with Gasteiger partial charge in [-0.2, -0.15) is 0 Å². The third kappa shape index (κ3) is 0.973. The second-order valence-corrected chi connectivity index (χ2v) is 4.00. The van der Waals surface area contributed by atoms with E-state index in [9.17, 15) is 14.7 Å². The number of carbonyl (C=O) groups excluding carboxylic acids is 2. The molecule has 14 heavy (non-hydrogen) atoms. The van der Waals surface area contributed by atoms with Crippen molar-refractivity contribution in [3.8, 4) is 0 Å². The molecular weight excluding hydrogens is 184 g/mol. The Bertz CT molecular complexity index is 333. The van der Waals surface area contributed by atoms with Crippen molar-refractivity contribution >= 4 is 11.8 Å². The maximum Gasteiger partial charge on any atom is 0.343 e. The Hall–Kier alpha value is -1.16. The van der Waals surface area contributed by atoms with Gasteiger partial charge < -0.3 is 9.84 Å². The summed E-state index contributed by atoms with van der Waals surface area (Å²) in [4.78, 5) is 22.7. The van der Waals surface area contributed by atoms with Gasteiger partial charge in [0.15, 0.2) is 5.60 Å². The molecule has 76 valence electrons. The summed E-state index contributed by atoms with van der Waals surface area (Å²) in [5.41, 5.74) is -1.74. The highest BCUT2D eigenvalue weighted by molar-refractivity contribution is 5.93. The molecule has 0 amide bonds. The first kappa shape index (κ1) is 9.40. The molecule has 2 heterocycles. The maximum atomic E-state index is 11.4. The van der Waals surface area contributed by atoms with E-state index >= 15 is 0 Å². The minimum Gasteiger partial charge on any atom is -0.455 e. The normalized spacial score (nSPS) is 45.1. The van der Waals surface area contributed by atoms with Crippen molar-refractivity contribution in [3.63, 3.8) is 0 Å². The molecular formula is C10H12O4. The molecule has 0 spiro atoms. The molecule has 3 rings (SSSR count). The summed E-state index contributed by atoms with van der Waals surface area (Å²) in [5, 5.41) is 10.0. The highest BCUT2D eigenvalue weighted by Gasteiger charge is 2.57. The topological polar surface area (TPSA) is 63.6 Å². The van der Waals surface area contributed by atoms with Crippen LogP contribution in [0.5, 0.6) is 0 Å². The van der Waals surface area contributed by atoms with Crippen LogP contribution in [0.25, 0.3) is 0 Å². The van der Waals surface area contributed by atoms with Crippen LogP contribution in [-0.2, 0) is 14.3 Å². The molecule has 0 aromatic heterocycles. The predicted molar refractivity (Wildman–Crippen MR) is 47.3 cm³/mol. The predicted octanol–water partition coefficient (Wildman–Crippen LogP) is 0.0540. The fourth-order valence-electron chi connectivity index (χ4n) is 2.35. The van der Waals surface area contributed by atoms with E-state index in [-0.39, 0.29) is 17.8 Å². The number of rotatable bonds is 1. The van der Waals surface area contributed by atoms with Gasteiger partial charge in [0.05, 0.1) is 5.92 Å². The molecule has 1 saturated heterocycles. The minimum absolute atomic E-state index is 0.153. The van der Waals surface area contributed by atoms with E-state index < -0.39 is 17.5 Å². The molecule has 0 radical (unpaired) electrons. The van der Waals surface area contributed by atoms with Crippen molar-refractivity contribution < 1.29 is 19.4 Å². The summed E-state index contributed by atoms with van der Waals surface area (Å²) in [6.07, 6.45) is 2.66. The molecule has 4 nitrogen and oxygen atoms in total. The van der Waals surface area contributed by atoms with Crippen LogP contribution in [0.3, 0.4) is 0 Å². The Kier molecular flexibility index (Phi) is 1.79. The standard InChI is InChI=1S/C10H12O4/c1-5-7-3-4-10(13,9(12)14-7)8(5)6(2)11/h3-5,7-8,13H,1-2H3. The lowest BCUT2D eigenvalue weighted by molar-refractivity contribution is -0.194. The zero-order valence-electron chi connectivity index (χ0n) is 8.06. The van der Waals surface area contributed by atoms with Crippen molar-refractivity contribution in [1.29, 1.82) is 0 Å². The van der Waals surface area contributed by atoms with E-state index in [1.54, 1.807) is 13.0 Å². The number of ether oxygens (including phenoxy) is 1. The van der Waals surface area contributed by atoms with Crippen molar-refractivity contribution in [2.75, 3.05) is 0 Å². The Labute approximate surface area is 81.6 Å². The molecule has 1 aliphatic carbocycles. The van der Waals surface area contributed by atoms with Crippen molar-refractivity contribution in [2.45, 2.75) is 25.6 Å². The van der Waals surface area contributed by atoms with Crippen molar-refractivity contribution in [1.82, 2.24) is 0 Å². The summed E-state index contributed by atoms with van der Waals surface area (Å²) in [6, 6.07) is 0. The Morgan fingerprint density at radius 1 is 1.64 bits per heavy atom. The zero-order valence-corrected chi connectivity index (χ0v) is 8.06. The molecule has 2 bridgehead atoms. The monoisotopic (exact) mass is 196 g/mol.